The maximum Gasteiger partial charge on any atom is 0.417 e. The second kappa shape index (κ2) is 11.6. The molecule has 1 aromatic heterocycles. The zero-order chi connectivity index (χ0) is 27.4. The Bertz CT molecular complexity index is 1180. The molecule has 0 aliphatic carbocycles. The van der Waals surface area contributed by atoms with E-state index in [1.165, 1.54) is 16.4 Å². The van der Waals surface area contributed by atoms with Crippen LogP contribution in [-0.4, -0.2) is 60.5 Å². The quantitative estimate of drug-likeness (QED) is 0.437. The molecule has 7 nitrogen and oxygen atoms in total. The molecule has 1 saturated heterocycles. The second-order valence-electron chi connectivity index (χ2n) is 9.99. The minimum atomic E-state index is -4.58. The van der Waals surface area contributed by atoms with Gasteiger partial charge in [-0.05, 0) is 57.7 Å². The van der Waals surface area contributed by atoms with E-state index in [9.17, 15) is 26.4 Å². The highest BCUT2D eigenvalue weighted by Crippen LogP contribution is 2.31. The van der Waals surface area contributed by atoms with Gasteiger partial charge in [0.1, 0.15) is 5.60 Å². The third-order valence-corrected chi connectivity index (χ3v) is 8.16. The molecule has 1 amide bonds. The van der Waals surface area contributed by atoms with Crippen molar-refractivity contribution < 1.29 is 31.1 Å². The van der Waals surface area contributed by atoms with E-state index in [4.69, 9.17) is 16.3 Å². The summed E-state index contributed by atoms with van der Waals surface area (Å²) in [5.41, 5.74) is -1.39. The molecule has 0 bridgehead atoms. The monoisotopic (exact) mass is 561 g/mol. The number of hydrogen-bond donors (Lipinski definition) is 0. The van der Waals surface area contributed by atoms with Crippen LogP contribution in [0.3, 0.4) is 0 Å². The molecule has 0 spiro atoms. The van der Waals surface area contributed by atoms with Crippen molar-refractivity contribution in [2.75, 3.05) is 26.2 Å². The molecule has 1 fully saturated rings. The number of rotatable bonds is 7. The summed E-state index contributed by atoms with van der Waals surface area (Å²) < 4.78 is 72.6. The van der Waals surface area contributed by atoms with E-state index >= 15 is 0 Å². The zero-order valence-electron chi connectivity index (χ0n) is 21.0. The van der Waals surface area contributed by atoms with E-state index in [1.807, 2.05) is 0 Å². The van der Waals surface area contributed by atoms with Crippen molar-refractivity contribution in [3.63, 3.8) is 0 Å². The van der Waals surface area contributed by atoms with Crippen molar-refractivity contribution in [1.82, 2.24) is 14.2 Å². The van der Waals surface area contributed by atoms with Crippen LogP contribution in [0.15, 0.2) is 47.5 Å². The van der Waals surface area contributed by atoms with Crippen LogP contribution in [-0.2, 0) is 27.4 Å². The van der Waals surface area contributed by atoms with Gasteiger partial charge in [-0.2, -0.15) is 17.5 Å². The Hall–Kier alpha value is -2.37. The van der Waals surface area contributed by atoms with Crippen LogP contribution in [0.25, 0.3) is 0 Å². The zero-order valence-corrected chi connectivity index (χ0v) is 22.5. The van der Waals surface area contributed by atoms with Crippen LogP contribution in [0.5, 0.6) is 0 Å². The van der Waals surface area contributed by atoms with Gasteiger partial charge in [-0.1, -0.05) is 29.8 Å². The molecule has 2 aromatic rings. The number of alkyl halides is 3. The summed E-state index contributed by atoms with van der Waals surface area (Å²) in [4.78, 5) is 17.9. The molecule has 3 rings (SSSR count). The summed E-state index contributed by atoms with van der Waals surface area (Å²) >= 11 is 6.05. The first-order chi connectivity index (χ1) is 17.2. The average Bonchev–Trinajstić information content (AvgIpc) is 2.81. The number of sulfonamides is 1. The number of halogens is 4. The molecule has 1 aliphatic rings. The largest absolute Gasteiger partial charge is 0.444 e. The predicted octanol–water partition coefficient (Wildman–Crippen LogP) is 5.63. The van der Waals surface area contributed by atoms with Crippen LogP contribution in [0.4, 0.5) is 18.0 Å². The van der Waals surface area contributed by atoms with Crippen LogP contribution in [0.1, 0.15) is 44.9 Å². The molecule has 1 aliphatic heterocycles. The molecule has 12 heteroatoms. The van der Waals surface area contributed by atoms with E-state index in [0.29, 0.717) is 32.1 Å². The molecule has 2 heterocycles. The fourth-order valence-electron chi connectivity index (χ4n) is 4.00. The number of aromatic nitrogens is 1. The average molecular weight is 562 g/mol. The van der Waals surface area contributed by atoms with Crippen LogP contribution < -0.4 is 0 Å². The van der Waals surface area contributed by atoms with Crippen molar-refractivity contribution in [2.45, 2.75) is 56.7 Å². The Balaban J connectivity index is 1.74. The third-order valence-electron chi connectivity index (χ3n) is 5.95. The van der Waals surface area contributed by atoms with Gasteiger partial charge in [0.2, 0.25) is 10.0 Å². The molecule has 0 radical (unpaired) electrons. The van der Waals surface area contributed by atoms with Gasteiger partial charge in [-0.25, -0.2) is 13.2 Å². The Kier molecular flexibility index (Phi) is 9.13. The standard InChI is InChI=1S/C25H31ClF3N3O4S/c1-24(2,3)36-23(33)31-12-9-18(10-13-31)17-32(37(34,35)20-7-5-4-6-8-20)14-11-22-21(26)15-19(16-30-22)25(27,28)29/h4-8,15-16,18H,9-14,17H2,1-3H3. The van der Waals surface area contributed by atoms with Gasteiger partial charge >= 0.3 is 12.3 Å². The van der Waals surface area contributed by atoms with Gasteiger partial charge in [0, 0.05) is 38.8 Å². The van der Waals surface area contributed by atoms with Crippen molar-refractivity contribution in [1.29, 1.82) is 0 Å². The summed E-state index contributed by atoms with van der Waals surface area (Å²) in [5, 5.41) is -0.169. The number of carbonyl (C=O) groups excluding carboxylic acids is 1. The smallest absolute Gasteiger partial charge is 0.417 e. The first-order valence-electron chi connectivity index (χ1n) is 11.9. The van der Waals surface area contributed by atoms with E-state index < -0.39 is 33.5 Å². The van der Waals surface area contributed by atoms with Gasteiger partial charge < -0.3 is 9.64 Å². The topological polar surface area (TPSA) is 79.8 Å². The van der Waals surface area contributed by atoms with Gasteiger partial charge in [-0.15, -0.1) is 0 Å². The van der Waals surface area contributed by atoms with Gasteiger partial charge in [-0.3, -0.25) is 4.98 Å². The lowest BCUT2D eigenvalue weighted by Gasteiger charge is -2.35. The lowest BCUT2D eigenvalue weighted by atomic mass is 9.97. The molecule has 0 saturated carbocycles. The number of benzene rings is 1. The highest BCUT2D eigenvalue weighted by Gasteiger charge is 2.33. The summed E-state index contributed by atoms with van der Waals surface area (Å²) in [6, 6.07) is 8.75. The van der Waals surface area contributed by atoms with Crippen molar-refractivity contribution in [2.24, 2.45) is 5.92 Å². The number of hydrogen-bond acceptors (Lipinski definition) is 5. The molecular formula is C25H31ClF3N3O4S. The van der Waals surface area contributed by atoms with E-state index in [-0.39, 0.29) is 41.0 Å². The predicted molar refractivity (Wildman–Crippen MR) is 134 cm³/mol. The summed E-state index contributed by atoms with van der Waals surface area (Å²) in [7, 11) is -3.89. The maximum atomic E-state index is 13.5. The number of nitrogens with zero attached hydrogens (tertiary/aromatic N) is 3. The number of piperidine rings is 1. The minimum Gasteiger partial charge on any atom is -0.444 e. The van der Waals surface area contributed by atoms with Crippen molar-refractivity contribution >= 4 is 27.7 Å². The summed E-state index contributed by atoms with van der Waals surface area (Å²) in [6.45, 7) is 6.43. The summed E-state index contributed by atoms with van der Waals surface area (Å²) in [6.07, 6.45) is -3.07. The lowest BCUT2D eigenvalue weighted by Crippen LogP contribution is -2.45. The number of pyridine rings is 1. The van der Waals surface area contributed by atoms with E-state index in [1.54, 1.807) is 43.9 Å². The molecule has 37 heavy (non-hydrogen) atoms. The van der Waals surface area contributed by atoms with Crippen LogP contribution >= 0.6 is 11.6 Å². The fourth-order valence-corrected chi connectivity index (χ4v) is 5.80. The number of amides is 1. The molecular weight excluding hydrogens is 531 g/mol. The molecule has 0 unspecified atom stereocenters. The lowest BCUT2D eigenvalue weighted by molar-refractivity contribution is -0.137. The van der Waals surface area contributed by atoms with Crippen molar-refractivity contribution in [3.8, 4) is 0 Å². The Morgan fingerprint density at radius 2 is 1.78 bits per heavy atom. The number of likely N-dealkylation sites (tertiary alicyclic amines) is 1. The minimum absolute atomic E-state index is 0.0123. The Morgan fingerprint density at radius 1 is 1.16 bits per heavy atom. The normalized spacial score (nSPS) is 15.7. The van der Waals surface area contributed by atoms with Gasteiger partial charge in [0.25, 0.3) is 0 Å². The second-order valence-corrected chi connectivity index (χ2v) is 12.3. The first kappa shape index (κ1) is 29.2. The van der Waals surface area contributed by atoms with Crippen LogP contribution in [0, 0.1) is 5.92 Å². The molecule has 1 aromatic carbocycles. The number of ether oxygens (including phenoxy) is 1. The van der Waals surface area contributed by atoms with E-state index in [0.717, 1.165) is 6.07 Å². The molecule has 0 N–H and O–H groups in total. The van der Waals surface area contributed by atoms with E-state index in [2.05, 4.69) is 4.98 Å². The number of carbonyl (C=O) groups is 1. The molecule has 204 valence electrons. The highest BCUT2D eigenvalue weighted by molar-refractivity contribution is 7.89. The summed E-state index contributed by atoms with van der Waals surface area (Å²) in [5.74, 6) is -0.0202. The SMILES string of the molecule is CC(C)(C)OC(=O)N1CCC(CN(CCc2ncc(C(F)(F)F)cc2Cl)S(=O)(=O)c2ccccc2)CC1. The van der Waals surface area contributed by atoms with Gasteiger partial charge in [0.05, 0.1) is 21.2 Å². The van der Waals surface area contributed by atoms with Crippen molar-refractivity contribution in [3.05, 3.63) is 58.9 Å². The fraction of sp³-hybridized carbons (Fsp3) is 0.520. The molecule has 0 atom stereocenters. The highest BCUT2D eigenvalue weighted by atomic mass is 35.5. The Labute approximate surface area is 220 Å². The maximum absolute atomic E-state index is 13.5. The third kappa shape index (κ3) is 8.05. The first-order valence-corrected chi connectivity index (χ1v) is 13.7. The Morgan fingerprint density at radius 3 is 2.32 bits per heavy atom. The van der Waals surface area contributed by atoms with Gasteiger partial charge in [0.15, 0.2) is 0 Å². The van der Waals surface area contributed by atoms with Crippen LogP contribution in [0.2, 0.25) is 5.02 Å².